The highest BCUT2D eigenvalue weighted by molar-refractivity contribution is 7.99. The van der Waals surface area contributed by atoms with Crippen LogP contribution in [-0.2, 0) is 11.3 Å². The Morgan fingerprint density at radius 2 is 1.80 bits per heavy atom. The quantitative estimate of drug-likeness (QED) is 0.492. The van der Waals surface area contributed by atoms with Gasteiger partial charge in [0.1, 0.15) is 5.01 Å². The van der Waals surface area contributed by atoms with Gasteiger partial charge >= 0.3 is 0 Å². The van der Waals surface area contributed by atoms with E-state index in [-0.39, 0.29) is 11.7 Å². The van der Waals surface area contributed by atoms with Gasteiger partial charge in [0, 0.05) is 12.1 Å². The standard InChI is InChI=1S/C18H22N6O4S2/c1-6-24-16(11-7-12(26-3)15(28-5)13(8-11)27-4)21-23-18(24)29-9-14(25)19-17-22-20-10(2)30-17/h7-8H,6,9H2,1-5H3,(H,19,22,25). The zero-order chi connectivity index (χ0) is 21.7. The lowest BCUT2D eigenvalue weighted by Gasteiger charge is -2.14. The van der Waals surface area contributed by atoms with E-state index in [9.17, 15) is 4.79 Å². The molecule has 2 heterocycles. The highest BCUT2D eigenvalue weighted by atomic mass is 32.2. The van der Waals surface area contributed by atoms with Gasteiger partial charge in [-0.1, -0.05) is 23.1 Å². The number of nitrogens with one attached hydrogen (secondary N) is 1. The molecular formula is C18H22N6O4S2. The van der Waals surface area contributed by atoms with Gasteiger partial charge < -0.3 is 18.8 Å². The Morgan fingerprint density at radius 3 is 2.33 bits per heavy atom. The molecule has 0 saturated carbocycles. The molecule has 3 aromatic rings. The Hall–Kier alpha value is -2.86. The SMILES string of the molecule is CCn1c(SCC(=O)Nc2nnc(C)s2)nnc1-c1cc(OC)c(OC)c(OC)c1. The van der Waals surface area contributed by atoms with Gasteiger partial charge in [-0.2, -0.15) is 0 Å². The van der Waals surface area contributed by atoms with Gasteiger partial charge in [0.2, 0.25) is 16.8 Å². The topological polar surface area (TPSA) is 113 Å². The molecule has 0 atom stereocenters. The lowest BCUT2D eigenvalue weighted by atomic mass is 10.1. The summed E-state index contributed by atoms with van der Waals surface area (Å²) in [6.07, 6.45) is 0. The molecule has 0 bridgehead atoms. The van der Waals surface area contributed by atoms with Crippen molar-refractivity contribution in [2.24, 2.45) is 0 Å². The van der Waals surface area contributed by atoms with Crippen LogP contribution in [0.5, 0.6) is 17.2 Å². The van der Waals surface area contributed by atoms with Gasteiger partial charge in [0.15, 0.2) is 22.5 Å². The molecule has 160 valence electrons. The number of ether oxygens (including phenoxy) is 3. The number of methoxy groups -OCH3 is 3. The molecule has 0 aliphatic carbocycles. The number of anilines is 1. The molecule has 12 heteroatoms. The molecule has 0 radical (unpaired) electrons. The van der Waals surface area contributed by atoms with Crippen LogP contribution in [0, 0.1) is 6.92 Å². The van der Waals surface area contributed by atoms with Crippen LogP contribution in [0.1, 0.15) is 11.9 Å². The molecule has 1 aromatic carbocycles. The highest BCUT2D eigenvalue weighted by Gasteiger charge is 2.20. The van der Waals surface area contributed by atoms with E-state index in [1.54, 1.807) is 21.3 Å². The summed E-state index contributed by atoms with van der Waals surface area (Å²) in [6.45, 7) is 4.44. The third kappa shape index (κ3) is 4.65. The Kier molecular flexibility index (Phi) is 7.11. The van der Waals surface area contributed by atoms with Gasteiger partial charge in [-0.25, -0.2) is 0 Å². The maximum absolute atomic E-state index is 12.2. The minimum absolute atomic E-state index is 0.173. The molecule has 10 nitrogen and oxygen atoms in total. The molecule has 0 saturated heterocycles. The fourth-order valence-corrected chi connectivity index (χ4v) is 4.15. The average molecular weight is 451 g/mol. The first-order chi connectivity index (χ1) is 14.5. The van der Waals surface area contributed by atoms with Crippen molar-refractivity contribution in [2.75, 3.05) is 32.4 Å². The number of aryl methyl sites for hydroxylation is 1. The summed E-state index contributed by atoms with van der Waals surface area (Å²) in [6, 6.07) is 3.63. The number of nitrogens with zero attached hydrogens (tertiary/aromatic N) is 5. The number of hydrogen-bond acceptors (Lipinski definition) is 10. The van der Waals surface area contributed by atoms with Crippen molar-refractivity contribution in [1.82, 2.24) is 25.0 Å². The van der Waals surface area contributed by atoms with Crippen LogP contribution in [0.3, 0.4) is 0 Å². The molecule has 0 unspecified atom stereocenters. The first kappa shape index (κ1) is 21.8. The number of carbonyl (C=O) groups is 1. The zero-order valence-corrected chi connectivity index (χ0v) is 18.9. The van der Waals surface area contributed by atoms with Crippen molar-refractivity contribution >= 4 is 34.1 Å². The number of carbonyl (C=O) groups excluding carboxylic acids is 1. The van der Waals surface area contributed by atoms with Crippen LogP contribution in [0.4, 0.5) is 5.13 Å². The first-order valence-corrected chi connectivity index (χ1v) is 10.8. The second-order valence-electron chi connectivity index (χ2n) is 5.93. The van der Waals surface area contributed by atoms with Crippen molar-refractivity contribution in [3.63, 3.8) is 0 Å². The minimum atomic E-state index is -0.184. The maximum Gasteiger partial charge on any atom is 0.236 e. The van der Waals surface area contributed by atoms with Crippen molar-refractivity contribution in [1.29, 1.82) is 0 Å². The predicted molar refractivity (Wildman–Crippen MR) is 115 cm³/mol. The van der Waals surface area contributed by atoms with Crippen molar-refractivity contribution < 1.29 is 19.0 Å². The van der Waals surface area contributed by atoms with E-state index in [0.29, 0.717) is 39.9 Å². The summed E-state index contributed by atoms with van der Waals surface area (Å²) in [5, 5.41) is 21.0. The van der Waals surface area contributed by atoms with Gasteiger partial charge in [0.25, 0.3) is 0 Å². The van der Waals surface area contributed by atoms with Crippen LogP contribution in [-0.4, -0.2) is 58.0 Å². The number of thioether (sulfide) groups is 1. The van der Waals surface area contributed by atoms with Crippen molar-refractivity contribution in [2.45, 2.75) is 25.5 Å². The highest BCUT2D eigenvalue weighted by Crippen LogP contribution is 2.41. The summed E-state index contributed by atoms with van der Waals surface area (Å²) in [5.41, 5.74) is 0.763. The number of aromatic nitrogens is 5. The molecule has 0 aliphatic rings. The summed E-state index contributed by atoms with van der Waals surface area (Å²) in [4.78, 5) is 12.2. The second-order valence-corrected chi connectivity index (χ2v) is 8.05. The second kappa shape index (κ2) is 9.76. The van der Waals surface area contributed by atoms with Gasteiger partial charge in [-0.15, -0.1) is 20.4 Å². The summed E-state index contributed by atoms with van der Waals surface area (Å²) >= 11 is 2.62. The van der Waals surface area contributed by atoms with E-state index in [1.165, 1.54) is 23.1 Å². The number of amides is 1. The summed E-state index contributed by atoms with van der Waals surface area (Å²) in [7, 11) is 4.67. The molecule has 1 amide bonds. The lowest BCUT2D eigenvalue weighted by Crippen LogP contribution is -2.14. The number of hydrogen-bond donors (Lipinski definition) is 1. The number of rotatable bonds is 9. The summed E-state index contributed by atoms with van der Waals surface area (Å²) in [5.74, 6) is 2.18. The molecular weight excluding hydrogens is 428 g/mol. The van der Waals surface area contributed by atoms with Gasteiger partial charge in [-0.3, -0.25) is 10.1 Å². The van der Waals surface area contributed by atoms with Crippen LogP contribution < -0.4 is 19.5 Å². The first-order valence-electron chi connectivity index (χ1n) is 8.97. The Balaban J connectivity index is 1.81. The molecule has 0 aliphatic heterocycles. The van der Waals surface area contributed by atoms with Crippen molar-refractivity contribution in [3.05, 3.63) is 17.1 Å². The third-order valence-electron chi connectivity index (χ3n) is 4.06. The summed E-state index contributed by atoms with van der Waals surface area (Å²) < 4.78 is 18.2. The van der Waals surface area contributed by atoms with E-state index in [2.05, 4.69) is 25.7 Å². The van der Waals surface area contributed by atoms with Crippen LogP contribution in [0.2, 0.25) is 0 Å². The molecule has 1 N–H and O–H groups in total. The Bertz CT molecular complexity index is 1010. The van der Waals surface area contributed by atoms with E-state index in [0.717, 1.165) is 10.6 Å². The zero-order valence-electron chi connectivity index (χ0n) is 17.3. The van der Waals surface area contributed by atoms with Gasteiger partial charge in [-0.05, 0) is 26.0 Å². The molecule has 2 aromatic heterocycles. The van der Waals surface area contributed by atoms with E-state index < -0.39 is 0 Å². The molecule has 0 fully saturated rings. The van der Waals surface area contributed by atoms with E-state index in [1.807, 2.05) is 30.5 Å². The number of benzene rings is 1. The molecule has 0 spiro atoms. The fraction of sp³-hybridized carbons (Fsp3) is 0.389. The largest absolute Gasteiger partial charge is 0.493 e. The van der Waals surface area contributed by atoms with Crippen LogP contribution >= 0.6 is 23.1 Å². The Labute approximate surface area is 182 Å². The van der Waals surface area contributed by atoms with E-state index in [4.69, 9.17) is 14.2 Å². The minimum Gasteiger partial charge on any atom is -0.493 e. The monoisotopic (exact) mass is 450 g/mol. The van der Waals surface area contributed by atoms with Crippen LogP contribution in [0.25, 0.3) is 11.4 Å². The smallest absolute Gasteiger partial charge is 0.236 e. The average Bonchev–Trinajstić information content (AvgIpc) is 3.36. The third-order valence-corrected chi connectivity index (χ3v) is 5.78. The van der Waals surface area contributed by atoms with Crippen molar-refractivity contribution in [3.8, 4) is 28.6 Å². The molecule has 30 heavy (non-hydrogen) atoms. The van der Waals surface area contributed by atoms with Crippen LogP contribution in [0.15, 0.2) is 17.3 Å². The van der Waals surface area contributed by atoms with E-state index >= 15 is 0 Å². The fourth-order valence-electron chi connectivity index (χ4n) is 2.74. The Morgan fingerprint density at radius 1 is 1.10 bits per heavy atom. The maximum atomic E-state index is 12.2. The lowest BCUT2D eigenvalue weighted by molar-refractivity contribution is -0.113. The normalized spacial score (nSPS) is 10.7. The molecule has 3 rings (SSSR count). The van der Waals surface area contributed by atoms with Gasteiger partial charge in [0.05, 0.1) is 27.1 Å². The predicted octanol–water partition coefficient (Wildman–Crippen LogP) is 2.88.